The Balaban J connectivity index is 1.67. The van der Waals surface area contributed by atoms with Crippen LogP contribution in [0.25, 0.3) is 0 Å². The molecule has 0 spiro atoms. The van der Waals surface area contributed by atoms with Gasteiger partial charge in [0.15, 0.2) is 5.60 Å². The summed E-state index contributed by atoms with van der Waals surface area (Å²) in [6, 6.07) is 4.38. The smallest absolute Gasteiger partial charge is 0.376 e. The van der Waals surface area contributed by atoms with Crippen molar-refractivity contribution < 1.29 is 27.9 Å². The van der Waals surface area contributed by atoms with Crippen molar-refractivity contribution in [2.75, 3.05) is 6.54 Å². The molecule has 1 saturated carbocycles. The van der Waals surface area contributed by atoms with Crippen LogP contribution >= 0.6 is 0 Å². The number of dihydropyridines is 1. The second-order valence-corrected chi connectivity index (χ2v) is 8.91. The third kappa shape index (κ3) is 5.13. The highest BCUT2D eigenvalue weighted by Gasteiger charge is 2.51. The molecule has 33 heavy (non-hydrogen) atoms. The SMILES string of the molecule is CCN(C(=O)c1ccc([C@](C)(O)C(F)(F)F)cc1)C1CCC(C2C=CC=NC2C(N)=O)CC1. The summed E-state index contributed by atoms with van der Waals surface area (Å²) in [5.41, 5.74) is 2.48. The lowest BCUT2D eigenvalue weighted by molar-refractivity contribution is -0.258. The summed E-state index contributed by atoms with van der Waals surface area (Å²) in [5, 5.41) is 9.83. The number of carbonyl (C=O) groups excluding carboxylic acids is 2. The Morgan fingerprint density at radius 2 is 1.76 bits per heavy atom. The summed E-state index contributed by atoms with van der Waals surface area (Å²) in [6.45, 7) is 3.03. The summed E-state index contributed by atoms with van der Waals surface area (Å²) in [5.74, 6) is -0.504. The fourth-order valence-electron chi connectivity index (χ4n) is 4.84. The van der Waals surface area contributed by atoms with Crippen molar-refractivity contribution in [1.82, 2.24) is 4.90 Å². The van der Waals surface area contributed by atoms with E-state index in [2.05, 4.69) is 4.99 Å². The number of amides is 2. The molecular weight excluding hydrogens is 435 g/mol. The van der Waals surface area contributed by atoms with Gasteiger partial charge in [-0.15, -0.1) is 0 Å². The highest BCUT2D eigenvalue weighted by atomic mass is 19.4. The fourth-order valence-corrected chi connectivity index (χ4v) is 4.84. The molecule has 0 aromatic heterocycles. The average Bonchev–Trinajstić information content (AvgIpc) is 2.79. The van der Waals surface area contributed by atoms with Crippen LogP contribution in [0.4, 0.5) is 13.2 Å². The number of benzene rings is 1. The molecule has 1 aliphatic heterocycles. The Bertz CT molecular complexity index is 917. The Kier molecular flexibility index (Phi) is 7.31. The number of alkyl halides is 3. The van der Waals surface area contributed by atoms with E-state index >= 15 is 0 Å². The second kappa shape index (κ2) is 9.67. The van der Waals surface area contributed by atoms with Gasteiger partial charge in [-0.25, -0.2) is 0 Å². The van der Waals surface area contributed by atoms with E-state index in [1.165, 1.54) is 12.1 Å². The first kappa shape index (κ1) is 25.0. The summed E-state index contributed by atoms with van der Waals surface area (Å²) in [4.78, 5) is 30.8. The number of aliphatic hydroxyl groups is 1. The maximum Gasteiger partial charge on any atom is 0.421 e. The molecule has 3 N–H and O–H groups in total. The van der Waals surface area contributed by atoms with Gasteiger partial charge in [-0.3, -0.25) is 14.6 Å². The first-order chi connectivity index (χ1) is 15.5. The highest BCUT2D eigenvalue weighted by Crippen LogP contribution is 2.39. The van der Waals surface area contributed by atoms with Crippen LogP contribution in [0.1, 0.15) is 55.5 Å². The number of aliphatic imine (C=N–C) groups is 1. The normalized spacial score (nSPS) is 27.1. The van der Waals surface area contributed by atoms with E-state index in [0.29, 0.717) is 13.5 Å². The minimum Gasteiger partial charge on any atom is -0.376 e. The minimum atomic E-state index is -4.82. The van der Waals surface area contributed by atoms with Crippen LogP contribution < -0.4 is 5.73 Å². The minimum absolute atomic E-state index is 0.000177. The average molecular weight is 466 g/mol. The molecule has 0 radical (unpaired) electrons. The monoisotopic (exact) mass is 465 g/mol. The van der Waals surface area contributed by atoms with Crippen LogP contribution in [0.15, 0.2) is 41.4 Å². The number of allylic oxidation sites excluding steroid dienone is 1. The van der Waals surface area contributed by atoms with E-state index in [4.69, 9.17) is 5.73 Å². The molecule has 2 aliphatic rings. The molecule has 180 valence electrons. The van der Waals surface area contributed by atoms with E-state index in [-0.39, 0.29) is 34.9 Å². The lowest BCUT2D eigenvalue weighted by Gasteiger charge is -2.39. The Morgan fingerprint density at radius 1 is 1.15 bits per heavy atom. The Labute approximate surface area is 191 Å². The van der Waals surface area contributed by atoms with Crippen LogP contribution in [0.5, 0.6) is 0 Å². The van der Waals surface area contributed by atoms with Gasteiger partial charge in [-0.1, -0.05) is 18.2 Å². The standard InChI is InChI=1S/C24H30F3N3O3/c1-3-30(22(32)16-6-10-17(11-7-16)23(2,33)24(25,26)27)18-12-8-15(9-13-18)19-5-4-14-29-20(19)21(28)31/h4-7,10-11,14-15,18-20,33H,3,8-9,12-13H2,1-2H3,(H2,28,31)/t15?,18?,19?,20?,23-/m0/s1. The van der Waals surface area contributed by atoms with Crippen LogP contribution in [0, 0.1) is 11.8 Å². The van der Waals surface area contributed by atoms with Gasteiger partial charge >= 0.3 is 6.18 Å². The van der Waals surface area contributed by atoms with Crippen molar-refractivity contribution in [3.05, 3.63) is 47.5 Å². The number of hydrogen-bond donors (Lipinski definition) is 2. The van der Waals surface area contributed by atoms with E-state index in [0.717, 1.165) is 37.8 Å². The number of nitrogens with zero attached hydrogens (tertiary/aromatic N) is 2. The molecule has 3 atom stereocenters. The third-order valence-corrected chi connectivity index (χ3v) is 6.90. The number of primary amides is 1. The lowest BCUT2D eigenvalue weighted by Crippen LogP contribution is -2.44. The first-order valence-electron chi connectivity index (χ1n) is 11.2. The molecule has 1 aromatic carbocycles. The number of nitrogens with two attached hydrogens (primary N) is 1. The maximum absolute atomic E-state index is 13.1. The van der Waals surface area contributed by atoms with Crippen molar-refractivity contribution in [2.45, 2.75) is 63.4 Å². The Morgan fingerprint density at radius 3 is 2.27 bits per heavy atom. The molecule has 6 nitrogen and oxygen atoms in total. The Hall–Kier alpha value is -2.68. The van der Waals surface area contributed by atoms with E-state index in [1.54, 1.807) is 11.1 Å². The molecule has 9 heteroatoms. The van der Waals surface area contributed by atoms with Gasteiger partial charge in [0, 0.05) is 30.3 Å². The molecule has 1 heterocycles. The maximum atomic E-state index is 13.1. The van der Waals surface area contributed by atoms with Crippen LogP contribution in [0.3, 0.4) is 0 Å². The van der Waals surface area contributed by atoms with Crippen molar-refractivity contribution in [2.24, 2.45) is 22.6 Å². The van der Waals surface area contributed by atoms with Gasteiger partial charge in [-0.05, 0) is 69.2 Å². The predicted octanol–water partition coefficient (Wildman–Crippen LogP) is 3.59. The topological polar surface area (TPSA) is 96.0 Å². The van der Waals surface area contributed by atoms with E-state index < -0.39 is 23.7 Å². The van der Waals surface area contributed by atoms with Crippen LogP contribution in [-0.2, 0) is 10.4 Å². The number of rotatable bonds is 6. The second-order valence-electron chi connectivity index (χ2n) is 8.91. The molecule has 0 bridgehead atoms. The van der Waals surface area contributed by atoms with E-state index in [1.807, 2.05) is 19.1 Å². The molecule has 1 aromatic rings. The fraction of sp³-hybridized carbons (Fsp3) is 0.542. The summed E-state index contributed by atoms with van der Waals surface area (Å²) < 4.78 is 39.2. The molecule has 3 rings (SSSR count). The van der Waals surface area contributed by atoms with Crippen molar-refractivity contribution in [3.8, 4) is 0 Å². The summed E-state index contributed by atoms with van der Waals surface area (Å²) >= 11 is 0. The zero-order chi connectivity index (χ0) is 24.4. The van der Waals surface area contributed by atoms with Gasteiger partial charge < -0.3 is 15.7 Å². The van der Waals surface area contributed by atoms with Gasteiger partial charge in [0.1, 0.15) is 6.04 Å². The molecule has 2 unspecified atom stereocenters. The van der Waals surface area contributed by atoms with Crippen molar-refractivity contribution in [3.63, 3.8) is 0 Å². The lowest BCUT2D eigenvalue weighted by atomic mass is 9.74. The number of carbonyl (C=O) groups is 2. The predicted molar refractivity (Wildman–Crippen MR) is 119 cm³/mol. The third-order valence-electron chi connectivity index (χ3n) is 6.90. The molecule has 1 fully saturated rings. The largest absolute Gasteiger partial charge is 0.421 e. The quantitative estimate of drug-likeness (QED) is 0.672. The van der Waals surface area contributed by atoms with Crippen LogP contribution in [-0.4, -0.2) is 52.8 Å². The highest BCUT2D eigenvalue weighted by molar-refractivity contribution is 5.94. The van der Waals surface area contributed by atoms with Crippen molar-refractivity contribution in [1.29, 1.82) is 0 Å². The van der Waals surface area contributed by atoms with Gasteiger partial charge in [-0.2, -0.15) is 13.2 Å². The van der Waals surface area contributed by atoms with Gasteiger partial charge in [0.05, 0.1) is 0 Å². The molecule has 2 amide bonds. The zero-order valence-corrected chi connectivity index (χ0v) is 18.8. The van der Waals surface area contributed by atoms with E-state index in [9.17, 15) is 27.9 Å². The summed E-state index contributed by atoms with van der Waals surface area (Å²) in [7, 11) is 0. The van der Waals surface area contributed by atoms with Crippen LogP contribution in [0.2, 0.25) is 0 Å². The number of hydrogen-bond acceptors (Lipinski definition) is 4. The zero-order valence-electron chi connectivity index (χ0n) is 18.8. The van der Waals surface area contributed by atoms with Gasteiger partial charge in [0.2, 0.25) is 5.91 Å². The van der Waals surface area contributed by atoms with Crippen molar-refractivity contribution >= 4 is 18.0 Å². The summed E-state index contributed by atoms with van der Waals surface area (Å²) in [6.07, 6.45) is 3.72. The number of halogens is 3. The van der Waals surface area contributed by atoms with Gasteiger partial charge in [0.25, 0.3) is 5.91 Å². The molecular formula is C24H30F3N3O3. The first-order valence-corrected chi connectivity index (χ1v) is 11.2. The molecule has 1 aliphatic carbocycles. The molecule has 0 saturated heterocycles.